The highest BCUT2D eigenvalue weighted by Gasteiger charge is 2.35. The van der Waals surface area contributed by atoms with Crippen LogP contribution in [0.1, 0.15) is 24.0 Å². The van der Waals surface area contributed by atoms with Crippen molar-refractivity contribution in [1.82, 2.24) is 5.32 Å². The van der Waals surface area contributed by atoms with E-state index < -0.39 is 35.8 Å². The molecule has 0 unspecified atom stereocenters. The first-order valence-electron chi connectivity index (χ1n) is 7.10. The summed E-state index contributed by atoms with van der Waals surface area (Å²) in [5, 5.41) is 11.3. The Kier molecular flexibility index (Phi) is 5.25. The Hall–Kier alpha value is -2.09. The third-order valence-electron chi connectivity index (χ3n) is 3.60. The maximum atomic E-state index is 12.8. The molecule has 0 radical (unpaired) electrons. The molecule has 23 heavy (non-hydrogen) atoms. The lowest BCUT2D eigenvalue weighted by molar-refractivity contribution is -0.151. The van der Waals surface area contributed by atoms with Crippen LogP contribution < -0.4 is 5.32 Å². The minimum Gasteiger partial charge on any atom is -0.479 e. The predicted octanol–water partition coefficient (Wildman–Crippen LogP) is 2.00. The molecule has 2 rings (SSSR count). The zero-order chi connectivity index (χ0) is 17.0. The van der Waals surface area contributed by atoms with Crippen LogP contribution in [0.5, 0.6) is 0 Å². The molecule has 5 nitrogen and oxygen atoms in total. The summed E-state index contributed by atoms with van der Waals surface area (Å²) in [5.74, 6) is -1.63. The molecule has 0 aromatic heterocycles. The number of amides is 1. The van der Waals surface area contributed by atoms with Crippen molar-refractivity contribution in [3.8, 4) is 0 Å². The van der Waals surface area contributed by atoms with Crippen molar-refractivity contribution in [2.24, 2.45) is 0 Å². The average Bonchev–Trinajstić information content (AvgIpc) is 2.96. The second kappa shape index (κ2) is 6.99. The average molecular weight is 331 g/mol. The lowest BCUT2D eigenvalue weighted by Crippen LogP contribution is -2.36. The number of carbonyl (C=O) groups excluding carboxylic acids is 1. The molecule has 8 heteroatoms. The number of nitrogens with one attached hydrogen (secondary N) is 1. The highest BCUT2D eigenvalue weighted by atomic mass is 19.4. The van der Waals surface area contributed by atoms with Crippen molar-refractivity contribution in [3.63, 3.8) is 0 Å². The molecule has 1 saturated heterocycles. The summed E-state index contributed by atoms with van der Waals surface area (Å²) >= 11 is 0. The van der Waals surface area contributed by atoms with Gasteiger partial charge in [0, 0.05) is 6.54 Å². The lowest BCUT2D eigenvalue weighted by atomic mass is 10.0. The molecule has 1 aliphatic heterocycles. The second-order valence-electron chi connectivity index (χ2n) is 5.22. The number of carboxylic acid groups (broad SMARTS) is 1. The molecule has 2 atom stereocenters. The van der Waals surface area contributed by atoms with Gasteiger partial charge in [0.15, 0.2) is 6.10 Å². The first-order chi connectivity index (χ1) is 10.8. The highest BCUT2D eigenvalue weighted by Crippen LogP contribution is 2.31. The Bertz CT molecular complexity index is 588. The molecular weight excluding hydrogens is 315 g/mol. The van der Waals surface area contributed by atoms with Gasteiger partial charge in [0.25, 0.3) is 0 Å². The summed E-state index contributed by atoms with van der Waals surface area (Å²) in [6.07, 6.45) is -5.77. The molecule has 1 fully saturated rings. The number of halogens is 3. The summed E-state index contributed by atoms with van der Waals surface area (Å²) in [4.78, 5) is 22.6. The van der Waals surface area contributed by atoms with Crippen LogP contribution in [-0.4, -0.2) is 35.7 Å². The zero-order valence-electron chi connectivity index (χ0n) is 12.1. The SMILES string of the molecule is O=C(NCCc1ccccc1C(F)(F)F)[C@@H]1CC[C@H](C(=O)O)O1. The van der Waals surface area contributed by atoms with Gasteiger partial charge in [-0.25, -0.2) is 4.79 Å². The largest absolute Gasteiger partial charge is 0.479 e. The van der Waals surface area contributed by atoms with E-state index in [1.807, 2.05) is 0 Å². The minimum atomic E-state index is -4.44. The number of carboxylic acids is 1. The maximum absolute atomic E-state index is 12.8. The van der Waals surface area contributed by atoms with Crippen LogP contribution in [0.4, 0.5) is 13.2 Å². The Morgan fingerprint density at radius 1 is 1.22 bits per heavy atom. The molecule has 1 aliphatic rings. The highest BCUT2D eigenvalue weighted by molar-refractivity contribution is 5.82. The van der Waals surface area contributed by atoms with Gasteiger partial charge in [0.2, 0.25) is 5.91 Å². The monoisotopic (exact) mass is 331 g/mol. The first-order valence-corrected chi connectivity index (χ1v) is 7.10. The van der Waals surface area contributed by atoms with Gasteiger partial charge in [-0.2, -0.15) is 13.2 Å². The summed E-state index contributed by atoms with van der Waals surface area (Å²) in [6.45, 7) is 0.0174. The van der Waals surface area contributed by atoms with E-state index in [9.17, 15) is 22.8 Å². The fraction of sp³-hybridized carbons (Fsp3) is 0.467. The quantitative estimate of drug-likeness (QED) is 0.865. The number of alkyl halides is 3. The predicted molar refractivity (Wildman–Crippen MR) is 73.7 cm³/mol. The minimum absolute atomic E-state index is 0.0174. The van der Waals surface area contributed by atoms with Crippen molar-refractivity contribution >= 4 is 11.9 Å². The number of hydrogen-bond acceptors (Lipinski definition) is 3. The van der Waals surface area contributed by atoms with Crippen LogP contribution in [0, 0.1) is 0 Å². The fourth-order valence-electron chi connectivity index (χ4n) is 2.46. The van der Waals surface area contributed by atoms with Crippen LogP contribution in [0.3, 0.4) is 0 Å². The maximum Gasteiger partial charge on any atom is 0.416 e. The summed E-state index contributed by atoms with van der Waals surface area (Å²) in [7, 11) is 0. The summed E-state index contributed by atoms with van der Waals surface area (Å²) < 4.78 is 43.6. The molecule has 1 aromatic rings. The second-order valence-corrected chi connectivity index (χ2v) is 5.22. The van der Waals surface area contributed by atoms with Gasteiger partial charge >= 0.3 is 12.1 Å². The van der Waals surface area contributed by atoms with Crippen LogP contribution in [0.2, 0.25) is 0 Å². The van der Waals surface area contributed by atoms with Crippen LogP contribution in [0.25, 0.3) is 0 Å². The summed E-state index contributed by atoms with van der Waals surface area (Å²) in [5.41, 5.74) is -0.631. The van der Waals surface area contributed by atoms with E-state index >= 15 is 0 Å². The van der Waals surface area contributed by atoms with Crippen molar-refractivity contribution in [2.45, 2.75) is 37.6 Å². The van der Waals surface area contributed by atoms with E-state index in [-0.39, 0.29) is 31.4 Å². The smallest absolute Gasteiger partial charge is 0.416 e. The molecule has 0 bridgehead atoms. The van der Waals surface area contributed by atoms with Gasteiger partial charge in [-0.3, -0.25) is 4.79 Å². The van der Waals surface area contributed by atoms with Crippen molar-refractivity contribution in [1.29, 1.82) is 0 Å². The van der Waals surface area contributed by atoms with Crippen molar-refractivity contribution in [2.75, 3.05) is 6.54 Å². The van der Waals surface area contributed by atoms with E-state index in [4.69, 9.17) is 9.84 Å². The molecule has 0 saturated carbocycles. The number of benzene rings is 1. The van der Waals surface area contributed by atoms with Gasteiger partial charge in [-0.15, -0.1) is 0 Å². The number of carbonyl (C=O) groups is 2. The van der Waals surface area contributed by atoms with E-state index in [2.05, 4.69) is 5.32 Å². The zero-order valence-corrected chi connectivity index (χ0v) is 12.1. The van der Waals surface area contributed by atoms with Crippen LogP contribution >= 0.6 is 0 Å². The van der Waals surface area contributed by atoms with E-state index in [0.29, 0.717) is 0 Å². The molecule has 0 aliphatic carbocycles. The Balaban J connectivity index is 1.86. The van der Waals surface area contributed by atoms with Gasteiger partial charge in [-0.05, 0) is 30.9 Å². The number of rotatable bonds is 5. The molecule has 2 N–H and O–H groups in total. The van der Waals surface area contributed by atoms with Crippen molar-refractivity contribution < 1.29 is 32.6 Å². The topological polar surface area (TPSA) is 75.6 Å². The third kappa shape index (κ3) is 4.44. The number of ether oxygens (including phenoxy) is 1. The number of aliphatic carboxylic acids is 1. The Labute approximate surface area is 130 Å². The standard InChI is InChI=1S/C15H16F3NO4/c16-15(17,18)10-4-2-1-3-9(10)7-8-19-13(20)11-5-6-12(23-11)14(21)22/h1-4,11-12H,5-8H2,(H,19,20)(H,21,22)/t11-,12+/m0/s1. The van der Waals surface area contributed by atoms with Gasteiger partial charge in [0.1, 0.15) is 6.10 Å². The molecular formula is C15H16F3NO4. The fourth-order valence-corrected chi connectivity index (χ4v) is 2.46. The molecule has 1 heterocycles. The Morgan fingerprint density at radius 3 is 2.48 bits per heavy atom. The lowest BCUT2D eigenvalue weighted by Gasteiger charge is -2.14. The van der Waals surface area contributed by atoms with E-state index in [1.54, 1.807) is 0 Å². The van der Waals surface area contributed by atoms with Gasteiger partial charge < -0.3 is 15.2 Å². The third-order valence-corrected chi connectivity index (χ3v) is 3.60. The molecule has 1 aromatic carbocycles. The van der Waals surface area contributed by atoms with Gasteiger partial charge in [-0.1, -0.05) is 18.2 Å². The van der Waals surface area contributed by atoms with Crippen LogP contribution in [-0.2, 0) is 26.9 Å². The first kappa shape index (κ1) is 17.3. The van der Waals surface area contributed by atoms with E-state index in [1.165, 1.54) is 18.2 Å². The molecule has 0 spiro atoms. The van der Waals surface area contributed by atoms with Gasteiger partial charge in [0.05, 0.1) is 5.56 Å². The van der Waals surface area contributed by atoms with E-state index in [0.717, 1.165) is 6.07 Å². The number of hydrogen-bond donors (Lipinski definition) is 2. The molecule has 1 amide bonds. The normalized spacial score (nSPS) is 21.2. The van der Waals surface area contributed by atoms with Crippen molar-refractivity contribution in [3.05, 3.63) is 35.4 Å². The molecule has 126 valence electrons. The Morgan fingerprint density at radius 2 is 1.87 bits per heavy atom. The van der Waals surface area contributed by atoms with Crippen LogP contribution in [0.15, 0.2) is 24.3 Å². The summed E-state index contributed by atoms with van der Waals surface area (Å²) in [6, 6.07) is 5.17.